The average molecular weight is 276 g/mol. The third-order valence-electron chi connectivity index (χ3n) is 3.93. The lowest BCUT2D eigenvalue weighted by atomic mass is 10.0. The molecule has 1 saturated carbocycles. The summed E-state index contributed by atoms with van der Waals surface area (Å²) in [7, 11) is 0. The predicted octanol–water partition coefficient (Wildman–Crippen LogP) is 2.22. The molecule has 2 rings (SSSR count). The van der Waals surface area contributed by atoms with Gasteiger partial charge >= 0.3 is 0 Å². The van der Waals surface area contributed by atoms with Gasteiger partial charge in [-0.3, -0.25) is 4.79 Å². The summed E-state index contributed by atoms with van der Waals surface area (Å²) >= 11 is 0. The van der Waals surface area contributed by atoms with Crippen molar-refractivity contribution in [1.82, 2.24) is 5.32 Å². The second-order valence-corrected chi connectivity index (χ2v) is 5.66. The summed E-state index contributed by atoms with van der Waals surface area (Å²) < 4.78 is 5.46. The Balaban J connectivity index is 1.69. The molecule has 20 heavy (non-hydrogen) atoms. The number of carbonyl (C=O) groups excluding carboxylic acids is 1. The highest BCUT2D eigenvalue weighted by Gasteiger charge is 2.41. The van der Waals surface area contributed by atoms with Gasteiger partial charge in [0.05, 0.1) is 0 Å². The minimum absolute atomic E-state index is 0.0460. The van der Waals surface area contributed by atoms with E-state index >= 15 is 0 Å². The SMILES string of the molecule is CCCC1(CNC(=O)COc2ccc(CN)cc2)CC1. The lowest BCUT2D eigenvalue weighted by molar-refractivity contribution is -0.123. The van der Waals surface area contributed by atoms with E-state index in [-0.39, 0.29) is 12.5 Å². The van der Waals surface area contributed by atoms with Gasteiger partial charge in [0, 0.05) is 13.1 Å². The first-order valence-corrected chi connectivity index (χ1v) is 7.36. The molecule has 3 N–H and O–H groups in total. The molecule has 1 amide bonds. The van der Waals surface area contributed by atoms with Gasteiger partial charge in [-0.25, -0.2) is 0 Å². The van der Waals surface area contributed by atoms with E-state index in [4.69, 9.17) is 10.5 Å². The van der Waals surface area contributed by atoms with E-state index in [0.717, 1.165) is 12.1 Å². The summed E-state index contributed by atoms with van der Waals surface area (Å²) in [6.07, 6.45) is 4.86. The van der Waals surface area contributed by atoms with Crippen LogP contribution in [0.25, 0.3) is 0 Å². The highest BCUT2D eigenvalue weighted by atomic mass is 16.5. The number of benzene rings is 1. The maximum atomic E-state index is 11.8. The van der Waals surface area contributed by atoms with Crippen molar-refractivity contribution >= 4 is 5.91 Å². The molecule has 110 valence electrons. The number of amides is 1. The lowest BCUT2D eigenvalue weighted by Gasteiger charge is -2.15. The molecule has 4 nitrogen and oxygen atoms in total. The topological polar surface area (TPSA) is 64.3 Å². The van der Waals surface area contributed by atoms with Crippen LogP contribution in [0.1, 0.15) is 38.2 Å². The van der Waals surface area contributed by atoms with Crippen LogP contribution in [0, 0.1) is 5.41 Å². The fourth-order valence-electron chi connectivity index (χ4n) is 2.43. The van der Waals surface area contributed by atoms with Gasteiger partial charge < -0.3 is 15.8 Å². The van der Waals surface area contributed by atoms with E-state index in [2.05, 4.69) is 12.2 Å². The number of ether oxygens (including phenoxy) is 1. The van der Waals surface area contributed by atoms with Gasteiger partial charge in [0.15, 0.2) is 6.61 Å². The van der Waals surface area contributed by atoms with Gasteiger partial charge in [0.1, 0.15) is 5.75 Å². The van der Waals surface area contributed by atoms with E-state index in [9.17, 15) is 4.79 Å². The zero-order chi connectivity index (χ0) is 14.4. The zero-order valence-electron chi connectivity index (χ0n) is 12.2. The van der Waals surface area contributed by atoms with Crippen LogP contribution >= 0.6 is 0 Å². The molecule has 4 heteroatoms. The van der Waals surface area contributed by atoms with Crippen LogP contribution in [0.15, 0.2) is 24.3 Å². The van der Waals surface area contributed by atoms with Gasteiger partial charge in [-0.1, -0.05) is 25.5 Å². The van der Waals surface area contributed by atoms with Crippen LogP contribution in [-0.2, 0) is 11.3 Å². The maximum Gasteiger partial charge on any atom is 0.257 e. The first-order valence-electron chi connectivity index (χ1n) is 7.36. The summed E-state index contributed by atoms with van der Waals surface area (Å²) in [6.45, 7) is 3.57. The minimum Gasteiger partial charge on any atom is -0.484 e. The van der Waals surface area contributed by atoms with Gasteiger partial charge in [-0.15, -0.1) is 0 Å². The van der Waals surface area contributed by atoms with Crippen molar-refractivity contribution in [3.63, 3.8) is 0 Å². The standard InChI is InChI=1S/C16H24N2O2/c1-2-7-16(8-9-16)12-18-15(19)11-20-14-5-3-13(10-17)4-6-14/h3-6H,2,7-12,17H2,1H3,(H,18,19). The maximum absolute atomic E-state index is 11.8. The molecule has 0 aromatic heterocycles. The third-order valence-corrected chi connectivity index (χ3v) is 3.93. The fraction of sp³-hybridized carbons (Fsp3) is 0.562. The molecular formula is C16H24N2O2. The third kappa shape index (κ3) is 4.23. The molecule has 0 bridgehead atoms. The molecule has 0 aliphatic heterocycles. The average Bonchev–Trinajstić information content (AvgIpc) is 3.24. The van der Waals surface area contributed by atoms with Gasteiger partial charge in [0.2, 0.25) is 0 Å². The zero-order valence-corrected chi connectivity index (χ0v) is 12.2. The van der Waals surface area contributed by atoms with E-state index < -0.39 is 0 Å². The van der Waals surface area contributed by atoms with Crippen molar-refractivity contribution in [2.75, 3.05) is 13.2 Å². The summed E-state index contributed by atoms with van der Waals surface area (Å²) in [5, 5.41) is 2.98. The van der Waals surface area contributed by atoms with Crippen molar-refractivity contribution in [2.45, 2.75) is 39.2 Å². The highest BCUT2D eigenvalue weighted by molar-refractivity contribution is 5.77. The Bertz CT molecular complexity index is 438. The molecule has 1 aromatic carbocycles. The smallest absolute Gasteiger partial charge is 0.257 e. The van der Waals surface area contributed by atoms with Crippen molar-refractivity contribution in [1.29, 1.82) is 0 Å². The summed E-state index contributed by atoms with van der Waals surface area (Å²) in [6, 6.07) is 7.51. The monoisotopic (exact) mass is 276 g/mol. The van der Waals surface area contributed by atoms with Gasteiger partial charge in [0.25, 0.3) is 5.91 Å². The molecule has 0 radical (unpaired) electrons. The number of nitrogens with two attached hydrogens (primary N) is 1. The van der Waals surface area contributed by atoms with Crippen LogP contribution < -0.4 is 15.8 Å². The Morgan fingerprint density at radius 1 is 1.35 bits per heavy atom. The van der Waals surface area contributed by atoms with E-state index in [1.54, 1.807) is 0 Å². The molecule has 1 aliphatic carbocycles. The van der Waals surface area contributed by atoms with Crippen LogP contribution in [0.5, 0.6) is 5.75 Å². The molecule has 0 saturated heterocycles. The number of hydrogen-bond acceptors (Lipinski definition) is 3. The Kier molecular flexibility index (Phi) is 5.01. The summed E-state index contributed by atoms with van der Waals surface area (Å²) in [5.41, 5.74) is 6.96. The first-order chi connectivity index (χ1) is 9.67. The van der Waals surface area contributed by atoms with Crippen molar-refractivity contribution in [3.8, 4) is 5.75 Å². The molecule has 0 atom stereocenters. The Morgan fingerprint density at radius 3 is 2.60 bits per heavy atom. The van der Waals surface area contributed by atoms with E-state index in [1.807, 2.05) is 24.3 Å². The van der Waals surface area contributed by atoms with Crippen molar-refractivity contribution < 1.29 is 9.53 Å². The van der Waals surface area contributed by atoms with Crippen LogP contribution in [0.4, 0.5) is 0 Å². The van der Waals surface area contributed by atoms with Gasteiger partial charge in [-0.05, 0) is 42.4 Å². The van der Waals surface area contributed by atoms with Crippen molar-refractivity contribution in [2.24, 2.45) is 11.1 Å². The lowest BCUT2D eigenvalue weighted by Crippen LogP contribution is -2.33. The minimum atomic E-state index is -0.0460. The summed E-state index contributed by atoms with van der Waals surface area (Å²) in [4.78, 5) is 11.8. The number of carbonyl (C=O) groups is 1. The Morgan fingerprint density at radius 2 is 2.05 bits per heavy atom. The Labute approximate surface area is 120 Å². The molecule has 0 unspecified atom stereocenters. The van der Waals surface area contributed by atoms with Crippen LogP contribution in [0.2, 0.25) is 0 Å². The fourth-order valence-corrected chi connectivity index (χ4v) is 2.43. The summed E-state index contributed by atoms with van der Waals surface area (Å²) in [5.74, 6) is 0.655. The number of hydrogen-bond donors (Lipinski definition) is 2. The van der Waals surface area contributed by atoms with Crippen LogP contribution in [0.3, 0.4) is 0 Å². The number of rotatable bonds is 8. The number of nitrogens with one attached hydrogen (secondary N) is 1. The normalized spacial score (nSPS) is 15.7. The molecule has 1 aliphatic rings. The largest absolute Gasteiger partial charge is 0.484 e. The second kappa shape index (κ2) is 6.75. The Hall–Kier alpha value is -1.55. The van der Waals surface area contributed by atoms with Crippen LogP contribution in [-0.4, -0.2) is 19.1 Å². The van der Waals surface area contributed by atoms with Crippen molar-refractivity contribution in [3.05, 3.63) is 29.8 Å². The molecule has 1 fully saturated rings. The highest BCUT2D eigenvalue weighted by Crippen LogP contribution is 2.48. The molecule has 1 aromatic rings. The second-order valence-electron chi connectivity index (χ2n) is 5.66. The molecular weight excluding hydrogens is 252 g/mol. The van der Waals surface area contributed by atoms with Gasteiger partial charge in [-0.2, -0.15) is 0 Å². The molecule has 0 heterocycles. The molecule has 0 spiro atoms. The van der Waals surface area contributed by atoms with E-state index in [1.165, 1.54) is 25.7 Å². The first kappa shape index (κ1) is 14.9. The predicted molar refractivity (Wildman–Crippen MR) is 79.4 cm³/mol. The quantitative estimate of drug-likeness (QED) is 0.765. The van der Waals surface area contributed by atoms with E-state index in [0.29, 0.717) is 17.7 Å².